The number of carbonyl (C=O) groups is 1. The van der Waals surface area contributed by atoms with E-state index in [-0.39, 0.29) is 6.61 Å². The molecule has 21 heavy (non-hydrogen) atoms. The summed E-state index contributed by atoms with van der Waals surface area (Å²) >= 11 is 0. The number of carbonyl (C=O) groups excluding carboxylic acids is 1. The molecule has 0 bridgehead atoms. The number of rotatable bonds is 3. The summed E-state index contributed by atoms with van der Waals surface area (Å²) in [6, 6.07) is 4.64. The lowest BCUT2D eigenvalue weighted by Crippen LogP contribution is -2.37. The first-order valence-electron chi connectivity index (χ1n) is 6.43. The molecule has 6 heteroatoms. The van der Waals surface area contributed by atoms with Crippen molar-refractivity contribution in [2.75, 3.05) is 6.61 Å². The summed E-state index contributed by atoms with van der Waals surface area (Å²) in [7, 11) is 0. The van der Waals surface area contributed by atoms with Gasteiger partial charge >= 0.3 is 6.03 Å². The van der Waals surface area contributed by atoms with Gasteiger partial charge in [-0.25, -0.2) is 10.2 Å². The summed E-state index contributed by atoms with van der Waals surface area (Å²) < 4.78 is 11.3. The van der Waals surface area contributed by atoms with Crippen molar-refractivity contribution in [2.45, 2.75) is 25.9 Å². The van der Waals surface area contributed by atoms with Gasteiger partial charge < -0.3 is 15.2 Å². The van der Waals surface area contributed by atoms with Crippen LogP contribution in [0.5, 0.6) is 11.5 Å². The maximum atomic E-state index is 10.8. The fourth-order valence-electron chi connectivity index (χ4n) is 2.09. The molecular weight excluding hydrogens is 270 g/mol. The topological polar surface area (TPSA) is 85.9 Å². The van der Waals surface area contributed by atoms with Crippen LogP contribution in [-0.2, 0) is 0 Å². The molecule has 2 amide bonds. The molecular formula is C15H17N3O3. The van der Waals surface area contributed by atoms with E-state index in [2.05, 4.69) is 16.4 Å². The van der Waals surface area contributed by atoms with E-state index in [1.165, 1.54) is 0 Å². The third-order valence-corrected chi connectivity index (χ3v) is 2.87. The highest BCUT2D eigenvalue weighted by Crippen LogP contribution is 2.35. The number of nitrogens with two attached hydrogens (primary N) is 1. The fourth-order valence-corrected chi connectivity index (χ4v) is 2.09. The van der Waals surface area contributed by atoms with Crippen LogP contribution >= 0.6 is 0 Å². The Labute approximate surface area is 123 Å². The van der Waals surface area contributed by atoms with Gasteiger partial charge in [0.2, 0.25) is 0 Å². The minimum Gasteiger partial charge on any atom is -0.487 e. The number of hydrogen-bond acceptors (Lipinski definition) is 4. The van der Waals surface area contributed by atoms with Crippen LogP contribution in [0.25, 0.3) is 0 Å². The quantitative estimate of drug-likeness (QED) is 0.654. The van der Waals surface area contributed by atoms with Gasteiger partial charge in [-0.05, 0) is 26.0 Å². The Hall–Kier alpha value is -2.68. The van der Waals surface area contributed by atoms with E-state index in [9.17, 15) is 4.79 Å². The van der Waals surface area contributed by atoms with Crippen molar-refractivity contribution in [3.63, 3.8) is 0 Å². The third kappa shape index (κ3) is 3.66. The van der Waals surface area contributed by atoms with Crippen LogP contribution in [0.4, 0.5) is 4.79 Å². The van der Waals surface area contributed by atoms with Crippen molar-refractivity contribution < 1.29 is 14.3 Å². The van der Waals surface area contributed by atoms with Crippen molar-refractivity contribution in [1.82, 2.24) is 5.43 Å². The summed E-state index contributed by atoms with van der Waals surface area (Å²) in [5, 5.41) is 4.05. The van der Waals surface area contributed by atoms with Gasteiger partial charge in [-0.1, -0.05) is 5.92 Å². The molecule has 0 unspecified atom stereocenters. The molecule has 0 saturated heterocycles. The van der Waals surface area contributed by atoms with Gasteiger partial charge in [0.05, 0.1) is 5.71 Å². The van der Waals surface area contributed by atoms with Gasteiger partial charge in [-0.3, -0.25) is 0 Å². The number of ether oxygens (including phenoxy) is 2. The summed E-state index contributed by atoms with van der Waals surface area (Å²) in [4.78, 5) is 10.8. The third-order valence-electron chi connectivity index (χ3n) is 2.87. The van der Waals surface area contributed by atoms with Crippen molar-refractivity contribution in [2.24, 2.45) is 10.8 Å². The lowest BCUT2D eigenvalue weighted by Gasteiger charge is -2.33. The Bertz CT molecular complexity index is 630. The first-order valence-corrected chi connectivity index (χ1v) is 6.43. The number of amides is 2. The SMILES string of the molecule is C#CCOc1ccc2c(c1)OC(C)(C)CC2=NNC(N)=O. The van der Waals surface area contributed by atoms with Crippen LogP contribution in [0.2, 0.25) is 0 Å². The number of nitrogens with zero attached hydrogens (tertiary/aromatic N) is 1. The molecule has 1 aliphatic rings. The monoisotopic (exact) mass is 287 g/mol. The Morgan fingerprint density at radius 1 is 1.62 bits per heavy atom. The van der Waals surface area contributed by atoms with Crippen LogP contribution in [0, 0.1) is 12.3 Å². The molecule has 110 valence electrons. The lowest BCUT2D eigenvalue weighted by atomic mass is 9.92. The van der Waals surface area contributed by atoms with E-state index in [0.29, 0.717) is 23.6 Å². The highest BCUT2D eigenvalue weighted by Gasteiger charge is 2.31. The smallest absolute Gasteiger partial charge is 0.332 e. The predicted octanol–water partition coefficient (Wildman–Crippen LogP) is 1.63. The molecule has 6 nitrogen and oxygen atoms in total. The summed E-state index contributed by atoms with van der Waals surface area (Å²) in [6.45, 7) is 4.06. The van der Waals surface area contributed by atoms with Crippen LogP contribution < -0.4 is 20.6 Å². The Kier molecular flexibility index (Phi) is 4.03. The first kappa shape index (κ1) is 14.7. The highest BCUT2D eigenvalue weighted by atomic mass is 16.5. The largest absolute Gasteiger partial charge is 0.487 e. The molecule has 3 N–H and O–H groups in total. The number of fused-ring (bicyclic) bond motifs is 1. The second-order valence-electron chi connectivity index (χ2n) is 5.22. The van der Waals surface area contributed by atoms with Gasteiger partial charge in [-0.2, -0.15) is 5.10 Å². The second kappa shape index (κ2) is 5.75. The average Bonchev–Trinajstić information content (AvgIpc) is 2.40. The molecule has 0 aromatic heterocycles. The van der Waals surface area contributed by atoms with Gasteiger partial charge in [-0.15, -0.1) is 6.42 Å². The molecule has 0 radical (unpaired) electrons. The van der Waals surface area contributed by atoms with E-state index in [1.54, 1.807) is 12.1 Å². The van der Waals surface area contributed by atoms with Crippen LogP contribution in [0.3, 0.4) is 0 Å². The average molecular weight is 287 g/mol. The number of hydrazone groups is 1. The van der Waals surface area contributed by atoms with Gasteiger partial charge in [0, 0.05) is 18.1 Å². The summed E-state index contributed by atoms with van der Waals surface area (Å²) in [6.07, 6.45) is 5.72. The number of primary amides is 1. The molecule has 0 spiro atoms. The molecule has 0 saturated carbocycles. The van der Waals surface area contributed by atoms with Crippen molar-refractivity contribution >= 4 is 11.7 Å². The number of urea groups is 1. The van der Waals surface area contributed by atoms with E-state index < -0.39 is 11.6 Å². The first-order chi connectivity index (χ1) is 9.91. The highest BCUT2D eigenvalue weighted by molar-refractivity contribution is 6.04. The van der Waals surface area contributed by atoms with E-state index in [1.807, 2.05) is 19.9 Å². The van der Waals surface area contributed by atoms with Crippen LogP contribution in [0.15, 0.2) is 23.3 Å². The van der Waals surface area contributed by atoms with Crippen LogP contribution in [0.1, 0.15) is 25.8 Å². The van der Waals surface area contributed by atoms with E-state index in [0.717, 1.165) is 5.56 Å². The zero-order chi connectivity index (χ0) is 15.5. The maximum absolute atomic E-state index is 10.8. The number of terminal acetylenes is 1. The molecule has 1 aromatic rings. The normalized spacial score (nSPS) is 17.3. The Morgan fingerprint density at radius 2 is 2.38 bits per heavy atom. The number of hydrogen-bond donors (Lipinski definition) is 2. The second-order valence-corrected chi connectivity index (χ2v) is 5.22. The molecule has 2 rings (SSSR count). The maximum Gasteiger partial charge on any atom is 0.332 e. The van der Waals surface area contributed by atoms with Crippen LogP contribution in [-0.4, -0.2) is 24.0 Å². The van der Waals surface area contributed by atoms with Crippen molar-refractivity contribution in [1.29, 1.82) is 0 Å². The standard InChI is InChI=1S/C15H17N3O3/c1-4-7-20-10-5-6-11-12(17-18-14(16)19)9-15(2,3)21-13(11)8-10/h1,5-6,8H,7,9H2,2-3H3,(H3,16,18,19). The predicted molar refractivity (Wildman–Crippen MR) is 79.4 cm³/mol. The fraction of sp³-hybridized carbons (Fsp3) is 0.333. The number of benzene rings is 1. The molecule has 1 aliphatic heterocycles. The minimum atomic E-state index is -0.706. The molecule has 0 fully saturated rings. The van der Waals surface area contributed by atoms with Gasteiger partial charge in [0.25, 0.3) is 0 Å². The van der Waals surface area contributed by atoms with E-state index in [4.69, 9.17) is 21.6 Å². The summed E-state index contributed by atoms with van der Waals surface area (Å²) in [5.74, 6) is 3.65. The Morgan fingerprint density at radius 3 is 3.05 bits per heavy atom. The summed E-state index contributed by atoms with van der Waals surface area (Å²) in [5.41, 5.74) is 8.34. The number of nitrogens with one attached hydrogen (secondary N) is 1. The molecule has 0 aliphatic carbocycles. The van der Waals surface area contributed by atoms with Crippen molar-refractivity contribution in [3.8, 4) is 23.8 Å². The minimum absolute atomic E-state index is 0.187. The molecule has 1 aromatic carbocycles. The van der Waals surface area contributed by atoms with E-state index >= 15 is 0 Å². The Balaban J connectivity index is 2.36. The zero-order valence-electron chi connectivity index (χ0n) is 12.0. The van der Waals surface area contributed by atoms with Gasteiger partial charge in [0.15, 0.2) is 0 Å². The lowest BCUT2D eigenvalue weighted by molar-refractivity contribution is 0.110. The van der Waals surface area contributed by atoms with Gasteiger partial charge in [0.1, 0.15) is 23.7 Å². The zero-order valence-corrected chi connectivity index (χ0v) is 12.0. The molecule has 1 heterocycles. The molecule has 0 atom stereocenters. The van der Waals surface area contributed by atoms with Crippen molar-refractivity contribution in [3.05, 3.63) is 23.8 Å².